The van der Waals surface area contributed by atoms with Gasteiger partial charge in [0.05, 0.1) is 22.0 Å². The molecule has 1 aromatic carbocycles. The van der Waals surface area contributed by atoms with E-state index in [-0.39, 0.29) is 10.8 Å². The summed E-state index contributed by atoms with van der Waals surface area (Å²) in [6.07, 6.45) is 0. The molecule has 0 radical (unpaired) electrons. The van der Waals surface area contributed by atoms with Crippen molar-refractivity contribution in [3.8, 4) is 0 Å². The van der Waals surface area contributed by atoms with Gasteiger partial charge in [0.25, 0.3) is 10.0 Å². The van der Waals surface area contributed by atoms with Gasteiger partial charge in [-0.25, -0.2) is 8.42 Å². The quantitative estimate of drug-likeness (QED) is 0.876. The molecular formula is C15H20N4O3S. The molecule has 0 fully saturated rings. The average Bonchev–Trinajstić information content (AvgIpc) is 2.74. The van der Waals surface area contributed by atoms with Crippen molar-refractivity contribution in [3.05, 3.63) is 35.7 Å². The molecule has 8 heteroatoms. The number of anilines is 2. The van der Waals surface area contributed by atoms with Gasteiger partial charge in [0.15, 0.2) is 0 Å². The molecule has 2 N–H and O–H groups in total. The Balaban J connectivity index is 2.29. The van der Waals surface area contributed by atoms with Crippen LogP contribution in [-0.2, 0) is 21.4 Å². The standard InChI is InChI=1S/C15H20N4O3S/c1-5-19-11(3)15(10(2)17-19)18-23(21,22)14-8-6-13(7-9-14)16-12(4)20/h6-9,18H,5H2,1-4H3,(H,16,20). The minimum Gasteiger partial charge on any atom is -0.326 e. The zero-order valence-corrected chi connectivity index (χ0v) is 14.4. The van der Waals surface area contributed by atoms with Gasteiger partial charge in [-0.1, -0.05) is 0 Å². The first-order chi connectivity index (χ1) is 10.7. The van der Waals surface area contributed by atoms with E-state index in [1.807, 2.05) is 13.8 Å². The molecule has 0 unspecified atom stereocenters. The predicted octanol–water partition coefficient (Wildman–Crippen LogP) is 2.28. The molecule has 0 aliphatic heterocycles. The Kier molecular flexibility index (Phi) is 4.74. The van der Waals surface area contributed by atoms with Crippen molar-refractivity contribution in [3.63, 3.8) is 0 Å². The maximum Gasteiger partial charge on any atom is 0.262 e. The van der Waals surface area contributed by atoms with Crippen molar-refractivity contribution in [1.29, 1.82) is 0 Å². The van der Waals surface area contributed by atoms with E-state index < -0.39 is 10.0 Å². The third-order valence-corrected chi connectivity index (χ3v) is 4.77. The van der Waals surface area contributed by atoms with Crippen molar-refractivity contribution in [2.24, 2.45) is 0 Å². The number of hydrogen-bond donors (Lipinski definition) is 2. The zero-order chi connectivity index (χ0) is 17.2. The maximum atomic E-state index is 12.5. The van der Waals surface area contributed by atoms with Gasteiger partial charge < -0.3 is 5.32 Å². The number of aromatic nitrogens is 2. The van der Waals surface area contributed by atoms with Crippen LogP contribution in [-0.4, -0.2) is 24.1 Å². The van der Waals surface area contributed by atoms with Crippen molar-refractivity contribution >= 4 is 27.3 Å². The Hall–Kier alpha value is -2.35. The van der Waals surface area contributed by atoms with E-state index in [9.17, 15) is 13.2 Å². The topological polar surface area (TPSA) is 93.1 Å². The molecule has 2 rings (SSSR count). The van der Waals surface area contributed by atoms with Gasteiger partial charge in [-0.05, 0) is 45.0 Å². The average molecular weight is 336 g/mol. The minimum atomic E-state index is -3.71. The molecule has 0 atom stereocenters. The lowest BCUT2D eigenvalue weighted by atomic mass is 10.3. The van der Waals surface area contributed by atoms with Crippen LogP contribution < -0.4 is 10.0 Å². The monoisotopic (exact) mass is 336 g/mol. The van der Waals surface area contributed by atoms with Crippen LogP contribution in [0.15, 0.2) is 29.2 Å². The van der Waals surface area contributed by atoms with Crippen molar-refractivity contribution in [2.45, 2.75) is 39.1 Å². The lowest BCUT2D eigenvalue weighted by Crippen LogP contribution is -2.14. The lowest BCUT2D eigenvalue weighted by molar-refractivity contribution is -0.114. The van der Waals surface area contributed by atoms with Gasteiger partial charge in [0.2, 0.25) is 5.91 Å². The van der Waals surface area contributed by atoms with Gasteiger partial charge in [-0.2, -0.15) is 5.10 Å². The maximum absolute atomic E-state index is 12.5. The second-order valence-electron chi connectivity index (χ2n) is 5.17. The van der Waals surface area contributed by atoms with E-state index in [2.05, 4.69) is 15.1 Å². The summed E-state index contributed by atoms with van der Waals surface area (Å²) in [4.78, 5) is 11.1. The third kappa shape index (κ3) is 3.70. The normalized spacial score (nSPS) is 11.3. The second-order valence-corrected chi connectivity index (χ2v) is 6.86. The van der Waals surface area contributed by atoms with E-state index >= 15 is 0 Å². The molecule has 2 aromatic rings. The first-order valence-corrected chi connectivity index (χ1v) is 8.67. The Morgan fingerprint density at radius 1 is 1.22 bits per heavy atom. The summed E-state index contributed by atoms with van der Waals surface area (Å²) in [6, 6.07) is 5.99. The first kappa shape index (κ1) is 17.0. The van der Waals surface area contributed by atoms with Crippen LogP contribution in [0.3, 0.4) is 0 Å². The number of carbonyl (C=O) groups excluding carboxylic acids is 1. The molecule has 1 heterocycles. The fourth-order valence-electron chi connectivity index (χ4n) is 2.27. The molecule has 0 aliphatic carbocycles. The van der Waals surface area contributed by atoms with Gasteiger partial charge in [-0.3, -0.25) is 14.2 Å². The van der Waals surface area contributed by atoms with Crippen LogP contribution in [0.5, 0.6) is 0 Å². The van der Waals surface area contributed by atoms with E-state index in [4.69, 9.17) is 0 Å². The lowest BCUT2D eigenvalue weighted by Gasteiger charge is -2.09. The van der Waals surface area contributed by atoms with Gasteiger partial charge >= 0.3 is 0 Å². The molecule has 1 aromatic heterocycles. The van der Waals surface area contributed by atoms with Crippen molar-refractivity contribution in [2.75, 3.05) is 10.0 Å². The fourth-order valence-corrected chi connectivity index (χ4v) is 3.44. The zero-order valence-electron chi connectivity index (χ0n) is 13.5. The molecule has 0 saturated heterocycles. The summed E-state index contributed by atoms with van der Waals surface area (Å²) in [5, 5.41) is 6.89. The SMILES string of the molecule is CCn1nc(C)c(NS(=O)(=O)c2ccc(NC(C)=O)cc2)c1C. The molecule has 7 nitrogen and oxygen atoms in total. The highest BCUT2D eigenvalue weighted by atomic mass is 32.2. The van der Waals surface area contributed by atoms with Crippen LogP contribution in [0.1, 0.15) is 25.2 Å². The van der Waals surface area contributed by atoms with E-state index in [1.54, 1.807) is 23.7 Å². The summed E-state index contributed by atoms with van der Waals surface area (Å²) in [5.74, 6) is -0.211. The predicted molar refractivity (Wildman–Crippen MR) is 88.9 cm³/mol. The van der Waals surface area contributed by atoms with Crippen LogP contribution in [0.4, 0.5) is 11.4 Å². The number of benzene rings is 1. The van der Waals surface area contributed by atoms with Crippen LogP contribution in [0, 0.1) is 13.8 Å². The fraction of sp³-hybridized carbons (Fsp3) is 0.333. The molecule has 1 amide bonds. The van der Waals surface area contributed by atoms with Crippen molar-refractivity contribution < 1.29 is 13.2 Å². The van der Waals surface area contributed by atoms with Crippen LogP contribution >= 0.6 is 0 Å². The number of nitrogens with zero attached hydrogens (tertiary/aromatic N) is 2. The molecule has 0 bridgehead atoms. The summed E-state index contributed by atoms with van der Waals surface area (Å²) in [5.41, 5.74) is 2.44. The highest BCUT2D eigenvalue weighted by molar-refractivity contribution is 7.92. The Bertz CT molecular complexity index is 823. The highest BCUT2D eigenvalue weighted by Crippen LogP contribution is 2.24. The molecule has 23 heavy (non-hydrogen) atoms. The summed E-state index contributed by atoms with van der Waals surface area (Å²) < 4.78 is 29.3. The van der Waals surface area contributed by atoms with Crippen molar-refractivity contribution in [1.82, 2.24) is 9.78 Å². The number of amides is 1. The molecular weight excluding hydrogens is 316 g/mol. The molecule has 124 valence electrons. The van der Waals surface area contributed by atoms with Crippen LogP contribution in [0.25, 0.3) is 0 Å². The van der Waals surface area contributed by atoms with Crippen LogP contribution in [0.2, 0.25) is 0 Å². The Morgan fingerprint density at radius 2 is 1.83 bits per heavy atom. The highest BCUT2D eigenvalue weighted by Gasteiger charge is 2.19. The van der Waals surface area contributed by atoms with Gasteiger partial charge in [0.1, 0.15) is 0 Å². The van der Waals surface area contributed by atoms with E-state index in [1.165, 1.54) is 19.1 Å². The number of rotatable bonds is 5. The second kappa shape index (κ2) is 6.41. The Morgan fingerprint density at radius 3 is 2.30 bits per heavy atom. The van der Waals surface area contributed by atoms with Gasteiger partial charge in [-0.15, -0.1) is 0 Å². The summed E-state index contributed by atoms with van der Waals surface area (Å²) >= 11 is 0. The first-order valence-electron chi connectivity index (χ1n) is 7.19. The number of aryl methyl sites for hydroxylation is 2. The Labute approximate surface area is 135 Å². The summed E-state index contributed by atoms with van der Waals surface area (Å²) in [7, 11) is -3.71. The molecule has 0 spiro atoms. The number of nitrogens with one attached hydrogen (secondary N) is 2. The minimum absolute atomic E-state index is 0.120. The number of sulfonamides is 1. The summed E-state index contributed by atoms with van der Waals surface area (Å²) in [6.45, 7) is 7.58. The largest absolute Gasteiger partial charge is 0.326 e. The number of hydrogen-bond acceptors (Lipinski definition) is 4. The van der Waals surface area contributed by atoms with E-state index in [0.717, 1.165) is 5.69 Å². The smallest absolute Gasteiger partial charge is 0.262 e. The third-order valence-electron chi connectivity index (χ3n) is 3.40. The number of carbonyl (C=O) groups is 1. The van der Waals surface area contributed by atoms with Gasteiger partial charge in [0, 0.05) is 19.2 Å². The molecule has 0 aliphatic rings. The molecule has 0 saturated carbocycles. The van der Waals surface area contributed by atoms with E-state index in [0.29, 0.717) is 23.6 Å².